The van der Waals surface area contributed by atoms with Gasteiger partial charge < -0.3 is 4.57 Å². The number of benzene rings is 2. The van der Waals surface area contributed by atoms with Gasteiger partial charge in [0.25, 0.3) is 0 Å². The molecule has 8 heteroatoms. The molecule has 0 radical (unpaired) electrons. The van der Waals surface area contributed by atoms with E-state index in [9.17, 15) is 8.42 Å². The first kappa shape index (κ1) is 17.6. The molecule has 0 saturated heterocycles. The van der Waals surface area contributed by atoms with Gasteiger partial charge in [0.1, 0.15) is 5.82 Å². The van der Waals surface area contributed by atoms with E-state index in [4.69, 9.17) is 0 Å². The van der Waals surface area contributed by atoms with Crippen LogP contribution >= 0.6 is 31.9 Å². The normalized spacial score (nSPS) is 12.0. The first-order chi connectivity index (χ1) is 11.4. The van der Waals surface area contributed by atoms with Crippen LogP contribution in [0.15, 0.2) is 56.3 Å². The van der Waals surface area contributed by atoms with Crippen molar-refractivity contribution in [3.63, 3.8) is 0 Å². The Morgan fingerprint density at radius 2 is 1.92 bits per heavy atom. The van der Waals surface area contributed by atoms with Gasteiger partial charge in [-0.25, -0.2) is 18.1 Å². The lowest BCUT2D eigenvalue weighted by atomic mass is 10.3. The van der Waals surface area contributed by atoms with Crippen molar-refractivity contribution in [1.82, 2.24) is 14.3 Å². The number of rotatable bonds is 5. The van der Waals surface area contributed by atoms with Gasteiger partial charge in [-0.05, 0) is 53.2 Å². The standard InChI is InChI=1S/C16H15Br2N3O2S/c1-2-21-14-6-4-3-5-13(14)20-16(21)10-19-24(22,23)15-8-7-11(17)9-12(15)18/h3-9,19H,2,10H2,1H3. The summed E-state index contributed by atoms with van der Waals surface area (Å²) in [6, 6.07) is 12.7. The molecule has 3 rings (SSSR count). The van der Waals surface area contributed by atoms with Gasteiger partial charge in [-0.3, -0.25) is 0 Å². The minimum atomic E-state index is -3.64. The molecule has 5 nitrogen and oxygen atoms in total. The molecule has 0 fully saturated rings. The number of halogens is 2. The van der Waals surface area contributed by atoms with Crippen LogP contribution in [0.4, 0.5) is 0 Å². The summed E-state index contributed by atoms with van der Waals surface area (Å²) < 4.78 is 31.1. The minimum Gasteiger partial charge on any atom is -0.327 e. The number of nitrogens with zero attached hydrogens (tertiary/aromatic N) is 2. The first-order valence-corrected chi connectivity index (χ1v) is 10.4. The van der Waals surface area contributed by atoms with E-state index < -0.39 is 10.0 Å². The Balaban J connectivity index is 1.90. The van der Waals surface area contributed by atoms with E-state index >= 15 is 0 Å². The van der Waals surface area contributed by atoms with E-state index in [0.717, 1.165) is 22.1 Å². The van der Waals surface area contributed by atoms with E-state index in [0.29, 0.717) is 10.3 Å². The van der Waals surface area contributed by atoms with E-state index in [1.165, 1.54) is 0 Å². The van der Waals surface area contributed by atoms with Gasteiger partial charge in [0.15, 0.2) is 0 Å². The number of aromatic nitrogens is 2. The average Bonchev–Trinajstić information content (AvgIpc) is 2.90. The van der Waals surface area contributed by atoms with Crippen LogP contribution in [0.1, 0.15) is 12.7 Å². The summed E-state index contributed by atoms with van der Waals surface area (Å²) in [5.41, 5.74) is 1.86. The summed E-state index contributed by atoms with van der Waals surface area (Å²) in [5.74, 6) is 0.690. The molecule has 126 valence electrons. The highest BCUT2D eigenvalue weighted by Gasteiger charge is 2.19. The smallest absolute Gasteiger partial charge is 0.242 e. The Kier molecular flexibility index (Phi) is 5.10. The first-order valence-electron chi connectivity index (χ1n) is 7.31. The van der Waals surface area contributed by atoms with E-state index in [-0.39, 0.29) is 11.4 Å². The zero-order chi connectivity index (χ0) is 17.3. The molecule has 0 atom stereocenters. The quantitative estimate of drug-likeness (QED) is 0.608. The second kappa shape index (κ2) is 6.95. The van der Waals surface area contributed by atoms with Gasteiger partial charge >= 0.3 is 0 Å². The Labute approximate surface area is 157 Å². The van der Waals surface area contributed by atoms with Crippen molar-refractivity contribution >= 4 is 52.9 Å². The van der Waals surface area contributed by atoms with Crippen molar-refractivity contribution in [3.8, 4) is 0 Å². The fourth-order valence-corrected chi connectivity index (χ4v) is 5.27. The topological polar surface area (TPSA) is 64.0 Å². The molecular formula is C16H15Br2N3O2S. The summed E-state index contributed by atoms with van der Waals surface area (Å²) in [6.45, 7) is 2.87. The van der Waals surface area contributed by atoms with Crippen LogP contribution in [0.5, 0.6) is 0 Å². The third-order valence-electron chi connectivity index (χ3n) is 3.65. The van der Waals surface area contributed by atoms with E-state index in [1.54, 1.807) is 18.2 Å². The fraction of sp³-hybridized carbons (Fsp3) is 0.188. The molecule has 0 spiro atoms. The number of para-hydroxylation sites is 2. The number of aryl methyl sites for hydroxylation is 1. The van der Waals surface area contributed by atoms with Crippen LogP contribution in [0.25, 0.3) is 11.0 Å². The SMILES string of the molecule is CCn1c(CNS(=O)(=O)c2ccc(Br)cc2Br)nc2ccccc21. The minimum absolute atomic E-state index is 0.132. The predicted octanol–water partition coefficient (Wildman–Crippen LogP) is 4.06. The van der Waals surface area contributed by atoms with Crippen molar-refractivity contribution in [2.24, 2.45) is 0 Å². The number of nitrogens with one attached hydrogen (secondary N) is 1. The highest BCUT2D eigenvalue weighted by Crippen LogP contribution is 2.26. The van der Waals surface area contributed by atoms with Crippen molar-refractivity contribution in [1.29, 1.82) is 0 Å². The van der Waals surface area contributed by atoms with Crippen LogP contribution < -0.4 is 4.72 Å². The predicted molar refractivity (Wildman–Crippen MR) is 101 cm³/mol. The fourth-order valence-electron chi connectivity index (χ4n) is 2.54. The molecule has 0 bridgehead atoms. The van der Waals surface area contributed by atoms with Crippen molar-refractivity contribution in [3.05, 3.63) is 57.2 Å². The monoisotopic (exact) mass is 471 g/mol. The van der Waals surface area contributed by atoms with Gasteiger partial charge in [-0.2, -0.15) is 0 Å². The molecule has 0 aliphatic heterocycles. The Bertz CT molecular complexity index is 1000. The molecule has 0 amide bonds. The number of hydrogen-bond acceptors (Lipinski definition) is 3. The van der Waals surface area contributed by atoms with Crippen molar-refractivity contribution in [2.45, 2.75) is 24.9 Å². The zero-order valence-corrected chi connectivity index (χ0v) is 16.8. The van der Waals surface area contributed by atoms with Gasteiger partial charge in [0, 0.05) is 15.5 Å². The van der Waals surface area contributed by atoms with E-state index in [2.05, 4.69) is 41.6 Å². The summed E-state index contributed by atoms with van der Waals surface area (Å²) in [6.07, 6.45) is 0. The van der Waals surface area contributed by atoms with Crippen LogP contribution in [-0.4, -0.2) is 18.0 Å². The van der Waals surface area contributed by atoms with Gasteiger partial charge in [0.2, 0.25) is 10.0 Å². The molecular weight excluding hydrogens is 458 g/mol. The van der Waals surface area contributed by atoms with Crippen LogP contribution in [0.2, 0.25) is 0 Å². The molecule has 1 N–H and O–H groups in total. The lowest BCUT2D eigenvalue weighted by molar-refractivity contribution is 0.575. The van der Waals surface area contributed by atoms with Crippen LogP contribution in [0.3, 0.4) is 0 Å². The van der Waals surface area contributed by atoms with Crippen molar-refractivity contribution in [2.75, 3.05) is 0 Å². The van der Waals surface area contributed by atoms with Gasteiger partial charge in [-0.15, -0.1) is 0 Å². The van der Waals surface area contributed by atoms with E-state index in [1.807, 2.05) is 35.8 Å². The summed E-state index contributed by atoms with van der Waals surface area (Å²) >= 11 is 6.61. The second-order valence-electron chi connectivity index (χ2n) is 5.16. The third kappa shape index (κ3) is 3.42. The number of sulfonamides is 1. The molecule has 24 heavy (non-hydrogen) atoms. The van der Waals surface area contributed by atoms with Crippen molar-refractivity contribution < 1.29 is 8.42 Å². The lowest BCUT2D eigenvalue weighted by Gasteiger charge is -2.10. The van der Waals surface area contributed by atoms with Crippen LogP contribution in [0, 0.1) is 0 Å². The summed E-state index contributed by atoms with van der Waals surface area (Å²) in [4.78, 5) is 4.73. The maximum Gasteiger partial charge on any atom is 0.242 e. The van der Waals surface area contributed by atoms with Crippen LogP contribution in [-0.2, 0) is 23.1 Å². The molecule has 1 heterocycles. The number of hydrogen-bond donors (Lipinski definition) is 1. The Morgan fingerprint density at radius 3 is 2.62 bits per heavy atom. The molecule has 0 saturated carbocycles. The highest BCUT2D eigenvalue weighted by atomic mass is 79.9. The largest absolute Gasteiger partial charge is 0.327 e. The highest BCUT2D eigenvalue weighted by molar-refractivity contribution is 9.11. The molecule has 0 aliphatic carbocycles. The summed E-state index contributed by atoms with van der Waals surface area (Å²) in [5, 5.41) is 0. The average molecular weight is 473 g/mol. The number of imidazole rings is 1. The Hall–Kier alpha value is -1.22. The Morgan fingerprint density at radius 1 is 1.17 bits per heavy atom. The molecule has 2 aromatic carbocycles. The van der Waals surface area contributed by atoms with Gasteiger partial charge in [-0.1, -0.05) is 28.1 Å². The maximum absolute atomic E-state index is 12.6. The zero-order valence-electron chi connectivity index (χ0n) is 12.8. The third-order valence-corrected chi connectivity index (χ3v) is 6.52. The second-order valence-corrected chi connectivity index (χ2v) is 8.67. The summed E-state index contributed by atoms with van der Waals surface area (Å²) in [7, 11) is -3.64. The molecule has 0 aliphatic rings. The molecule has 0 unspecified atom stereocenters. The molecule has 1 aromatic heterocycles. The lowest BCUT2D eigenvalue weighted by Crippen LogP contribution is -2.25. The maximum atomic E-state index is 12.6. The number of fused-ring (bicyclic) bond motifs is 1. The van der Waals surface area contributed by atoms with Gasteiger partial charge in [0.05, 0.1) is 22.5 Å². The molecule has 3 aromatic rings.